The van der Waals surface area contributed by atoms with Crippen LogP contribution in [0.15, 0.2) is 110 Å². The number of aliphatic hydroxyl groups is 1. The van der Waals surface area contributed by atoms with Crippen LogP contribution in [0.4, 0.5) is 0 Å². The Labute approximate surface area is 258 Å². The first-order chi connectivity index (χ1) is 20.7. The largest absolute Gasteiger partial charge is 0.497 e. The van der Waals surface area contributed by atoms with Gasteiger partial charge in [-0.05, 0) is 40.4 Å². The summed E-state index contributed by atoms with van der Waals surface area (Å²) in [5.74, 6) is 0.764. The maximum atomic E-state index is 11.1. The molecule has 1 heterocycles. The molecule has 43 heavy (non-hydrogen) atoms. The van der Waals surface area contributed by atoms with E-state index in [9.17, 15) is 5.11 Å². The number of benzene rings is 3. The second-order valence-corrected chi connectivity index (χ2v) is 16.2. The number of ether oxygens (including phenoxy) is 4. The van der Waals surface area contributed by atoms with E-state index in [1.165, 1.54) is 10.4 Å². The summed E-state index contributed by atoms with van der Waals surface area (Å²) in [5, 5.41) is 13.4. The summed E-state index contributed by atoms with van der Waals surface area (Å²) in [5.41, 5.74) is 0.882. The molecule has 2 unspecified atom stereocenters. The average Bonchev–Trinajstić information content (AvgIpc) is 3.03. The van der Waals surface area contributed by atoms with E-state index in [0.29, 0.717) is 26.1 Å². The van der Waals surface area contributed by atoms with Crippen LogP contribution in [0.2, 0.25) is 5.04 Å². The average molecular weight is 603 g/mol. The number of aliphatic hydroxyl groups excluding tert-OH is 1. The van der Waals surface area contributed by atoms with Crippen LogP contribution in [0, 0.1) is 0 Å². The van der Waals surface area contributed by atoms with Gasteiger partial charge in [0, 0.05) is 12.2 Å². The normalized spacial score (nSPS) is 20.6. The van der Waals surface area contributed by atoms with Gasteiger partial charge < -0.3 is 28.5 Å². The maximum absolute atomic E-state index is 11.1. The Morgan fingerprint density at radius 1 is 0.953 bits per heavy atom. The zero-order valence-corrected chi connectivity index (χ0v) is 26.9. The van der Waals surface area contributed by atoms with Crippen molar-refractivity contribution in [1.29, 1.82) is 0 Å². The molecule has 0 bridgehead atoms. The summed E-state index contributed by atoms with van der Waals surface area (Å²) in [6, 6.07) is 28.7. The molecule has 1 aliphatic rings. The molecule has 4 rings (SSSR count). The van der Waals surface area contributed by atoms with Gasteiger partial charge in [-0.3, -0.25) is 0 Å². The molecule has 0 saturated carbocycles. The highest BCUT2D eigenvalue weighted by molar-refractivity contribution is 6.99. The Morgan fingerprint density at radius 3 is 2.07 bits per heavy atom. The van der Waals surface area contributed by atoms with Crippen molar-refractivity contribution in [3.63, 3.8) is 0 Å². The first-order valence-corrected chi connectivity index (χ1v) is 16.9. The molecule has 0 amide bonds. The molecular weight excluding hydrogens is 556 g/mol. The van der Waals surface area contributed by atoms with Gasteiger partial charge in [0.15, 0.2) is 6.29 Å². The Kier molecular flexibility index (Phi) is 11.5. The molecule has 5 atom stereocenters. The van der Waals surface area contributed by atoms with Crippen LogP contribution in [0.25, 0.3) is 0 Å². The fraction of sp³-hybridized carbons (Fsp3) is 0.389. The van der Waals surface area contributed by atoms with Gasteiger partial charge in [0.2, 0.25) is 0 Å². The fourth-order valence-electron chi connectivity index (χ4n) is 5.79. The molecule has 1 saturated heterocycles. The van der Waals surface area contributed by atoms with Crippen LogP contribution >= 0.6 is 0 Å². The van der Waals surface area contributed by atoms with Crippen molar-refractivity contribution < 1.29 is 28.5 Å². The molecule has 0 spiro atoms. The van der Waals surface area contributed by atoms with E-state index in [0.717, 1.165) is 11.3 Å². The highest BCUT2D eigenvalue weighted by Gasteiger charge is 2.50. The van der Waals surface area contributed by atoms with E-state index in [2.05, 4.69) is 82.5 Å². The van der Waals surface area contributed by atoms with Crippen molar-refractivity contribution in [2.24, 2.45) is 0 Å². The van der Waals surface area contributed by atoms with Gasteiger partial charge in [0.25, 0.3) is 8.32 Å². The molecular formula is C36H46O6Si. The van der Waals surface area contributed by atoms with Gasteiger partial charge in [0.1, 0.15) is 18.0 Å². The van der Waals surface area contributed by atoms with Gasteiger partial charge in [-0.15, -0.1) is 13.2 Å². The first-order valence-electron chi connectivity index (χ1n) is 15.0. The molecule has 0 radical (unpaired) electrons. The summed E-state index contributed by atoms with van der Waals surface area (Å²) in [6.45, 7) is 15.3. The van der Waals surface area contributed by atoms with Gasteiger partial charge >= 0.3 is 0 Å². The first kappa shape index (κ1) is 32.9. The Balaban J connectivity index is 1.52. The van der Waals surface area contributed by atoms with Crippen molar-refractivity contribution in [2.75, 3.05) is 20.3 Å². The molecule has 1 N–H and O–H groups in total. The topological polar surface area (TPSA) is 66.4 Å². The van der Waals surface area contributed by atoms with E-state index in [1.807, 2.05) is 36.4 Å². The summed E-state index contributed by atoms with van der Waals surface area (Å²) in [6.07, 6.45) is 1.64. The van der Waals surface area contributed by atoms with E-state index in [4.69, 9.17) is 23.4 Å². The van der Waals surface area contributed by atoms with E-state index in [1.54, 1.807) is 19.3 Å². The third-order valence-electron chi connectivity index (χ3n) is 8.00. The molecule has 3 aromatic rings. The quantitative estimate of drug-likeness (QED) is 0.182. The third-order valence-corrected chi connectivity index (χ3v) is 13.0. The molecule has 0 aromatic heterocycles. The van der Waals surface area contributed by atoms with Crippen molar-refractivity contribution in [1.82, 2.24) is 0 Å². The van der Waals surface area contributed by atoms with Gasteiger partial charge in [0.05, 0.1) is 25.9 Å². The SMILES string of the molecule is C=CCC(O)C(CCO[Si](c1ccccc1)(c1ccccc1)C(C)(C)C)O[C@@H]1CO[C@@H](c2ccc(OC)cc2)O[C@H]1C=C. The zero-order valence-electron chi connectivity index (χ0n) is 25.9. The van der Waals surface area contributed by atoms with Crippen LogP contribution < -0.4 is 15.1 Å². The zero-order chi connectivity index (χ0) is 30.9. The summed E-state index contributed by atoms with van der Waals surface area (Å²) < 4.78 is 31.2. The number of rotatable bonds is 14. The minimum Gasteiger partial charge on any atom is -0.497 e. The Morgan fingerprint density at radius 2 is 1.56 bits per heavy atom. The number of hydrogen-bond donors (Lipinski definition) is 1. The lowest BCUT2D eigenvalue weighted by atomic mass is 10.1. The molecule has 3 aromatic carbocycles. The molecule has 230 valence electrons. The predicted molar refractivity (Wildman–Crippen MR) is 174 cm³/mol. The van der Waals surface area contributed by atoms with Crippen molar-refractivity contribution in [3.8, 4) is 5.75 Å². The summed E-state index contributed by atoms with van der Waals surface area (Å²) >= 11 is 0. The van der Waals surface area contributed by atoms with E-state index < -0.39 is 39.0 Å². The molecule has 1 fully saturated rings. The minimum absolute atomic E-state index is 0.152. The van der Waals surface area contributed by atoms with Crippen LogP contribution in [-0.2, 0) is 18.6 Å². The molecule has 0 aliphatic carbocycles. The lowest BCUT2D eigenvalue weighted by Gasteiger charge is -2.43. The van der Waals surface area contributed by atoms with E-state index in [-0.39, 0.29) is 5.04 Å². The Hall–Kier alpha value is -3.04. The number of hydrogen-bond acceptors (Lipinski definition) is 6. The van der Waals surface area contributed by atoms with Gasteiger partial charge in [-0.25, -0.2) is 0 Å². The standard InChI is InChI=1S/C36H46O6Si/c1-7-15-31(37)33(41-34-26-39-35(42-32(34)8-2)27-20-22-28(38-6)23-21-27)24-25-40-43(36(3,4)5,29-16-11-9-12-17-29)30-18-13-10-14-19-30/h7-14,16-23,31-35,37H,1-2,15,24-26H2,3-6H3/t31?,32-,33?,34+,35+/m0/s1. The van der Waals surface area contributed by atoms with Gasteiger partial charge in [-0.2, -0.15) is 0 Å². The monoisotopic (exact) mass is 602 g/mol. The molecule has 7 heteroatoms. The Bertz CT molecular complexity index is 1240. The maximum Gasteiger partial charge on any atom is 0.261 e. The highest BCUT2D eigenvalue weighted by Crippen LogP contribution is 2.37. The summed E-state index contributed by atoms with van der Waals surface area (Å²) in [7, 11) is -1.09. The second kappa shape index (κ2) is 15.1. The lowest BCUT2D eigenvalue weighted by Crippen LogP contribution is -2.66. The number of methoxy groups -OCH3 is 1. The summed E-state index contributed by atoms with van der Waals surface area (Å²) in [4.78, 5) is 0. The smallest absolute Gasteiger partial charge is 0.261 e. The second-order valence-electron chi connectivity index (χ2n) is 11.9. The van der Waals surface area contributed by atoms with Crippen molar-refractivity contribution in [3.05, 3.63) is 116 Å². The fourth-order valence-corrected chi connectivity index (χ4v) is 10.4. The van der Waals surface area contributed by atoms with Crippen molar-refractivity contribution in [2.45, 2.75) is 69.4 Å². The highest BCUT2D eigenvalue weighted by atomic mass is 28.4. The van der Waals surface area contributed by atoms with E-state index >= 15 is 0 Å². The van der Waals surface area contributed by atoms with Crippen LogP contribution in [0.3, 0.4) is 0 Å². The molecule has 6 nitrogen and oxygen atoms in total. The van der Waals surface area contributed by atoms with Crippen LogP contribution in [-0.4, -0.2) is 58.2 Å². The molecule has 1 aliphatic heterocycles. The minimum atomic E-state index is -2.73. The predicted octanol–water partition coefficient (Wildman–Crippen LogP) is 5.95. The lowest BCUT2D eigenvalue weighted by molar-refractivity contribution is -0.266. The third kappa shape index (κ3) is 7.73. The van der Waals surface area contributed by atoms with Gasteiger partial charge in [-0.1, -0.05) is 106 Å². The van der Waals surface area contributed by atoms with Crippen molar-refractivity contribution >= 4 is 18.7 Å². The van der Waals surface area contributed by atoms with Crippen LogP contribution in [0.1, 0.15) is 45.5 Å². The van der Waals surface area contributed by atoms with Crippen LogP contribution in [0.5, 0.6) is 5.75 Å².